The number of nitrogens with zero attached hydrogens (tertiary/aromatic N) is 1. The molecule has 0 amide bonds. The maximum absolute atomic E-state index is 12.4. The fraction of sp³-hybridized carbons (Fsp3) is 0.273. The summed E-state index contributed by atoms with van der Waals surface area (Å²) in [6.07, 6.45) is 4.32. The number of carbonyl (C=O) groups excluding carboxylic acids is 2. The van der Waals surface area contributed by atoms with Crippen molar-refractivity contribution in [1.82, 2.24) is 9.97 Å². The molecular formula is C22H20N2O5. The van der Waals surface area contributed by atoms with Crippen LogP contribution >= 0.6 is 0 Å². The van der Waals surface area contributed by atoms with E-state index in [4.69, 9.17) is 9.47 Å². The summed E-state index contributed by atoms with van der Waals surface area (Å²) in [4.78, 5) is 43.3. The lowest BCUT2D eigenvalue weighted by atomic mass is 9.90. The Bertz CT molecular complexity index is 1170. The van der Waals surface area contributed by atoms with E-state index in [1.807, 2.05) is 12.1 Å². The Hall–Kier alpha value is -3.48. The molecule has 7 heteroatoms. The number of benzene rings is 2. The third kappa shape index (κ3) is 3.89. The maximum atomic E-state index is 12.4. The number of aryl methyl sites for hydroxylation is 2. The van der Waals surface area contributed by atoms with Gasteiger partial charge in [0.2, 0.25) is 0 Å². The van der Waals surface area contributed by atoms with Crippen LogP contribution in [0.5, 0.6) is 0 Å². The van der Waals surface area contributed by atoms with Crippen LogP contribution in [-0.4, -0.2) is 29.0 Å². The average Bonchev–Trinajstić information content (AvgIpc) is 2.76. The van der Waals surface area contributed by atoms with Crippen LogP contribution in [0.1, 0.15) is 50.5 Å². The van der Waals surface area contributed by atoms with E-state index in [1.165, 1.54) is 42.9 Å². The summed E-state index contributed by atoms with van der Waals surface area (Å²) in [5.41, 5.74) is 3.22. The van der Waals surface area contributed by atoms with Gasteiger partial charge in [0.25, 0.3) is 5.56 Å². The first-order chi connectivity index (χ1) is 14.0. The number of hydrogen-bond acceptors (Lipinski definition) is 6. The Labute approximate surface area is 166 Å². The van der Waals surface area contributed by atoms with E-state index in [0.29, 0.717) is 16.5 Å². The predicted octanol–water partition coefficient (Wildman–Crippen LogP) is 2.95. The molecule has 29 heavy (non-hydrogen) atoms. The Morgan fingerprint density at radius 3 is 2.52 bits per heavy atom. The van der Waals surface area contributed by atoms with Crippen molar-refractivity contribution in [1.29, 1.82) is 0 Å². The molecular weight excluding hydrogens is 372 g/mol. The molecule has 4 rings (SSSR count). The standard InChI is InChI=1S/C22H20N2O5/c1-28-21(26)16-8-9-17-18(11-16)23-19(24-20(17)25)12-29-22(27)15-7-6-13-4-2-3-5-14(13)10-15/h6-11H,2-5,12H2,1H3,(H,23,24,25). The lowest BCUT2D eigenvalue weighted by Crippen LogP contribution is -2.15. The van der Waals surface area contributed by atoms with Crippen LogP contribution in [0.15, 0.2) is 41.2 Å². The SMILES string of the molecule is COC(=O)c1ccc2c(=O)[nH]c(COC(=O)c3ccc4c(c3)CCCC4)nc2c1. The number of fused-ring (bicyclic) bond motifs is 2. The van der Waals surface area contributed by atoms with Crippen molar-refractivity contribution in [3.8, 4) is 0 Å². The van der Waals surface area contributed by atoms with Crippen molar-refractivity contribution in [2.75, 3.05) is 7.11 Å². The van der Waals surface area contributed by atoms with Gasteiger partial charge in [-0.25, -0.2) is 14.6 Å². The van der Waals surface area contributed by atoms with Crippen molar-refractivity contribution >= 4 is 22.8 Å². The van der Waals surface area contributed by atoms with Crippen LogP contribution in [0.25, 0.3) is 10.9 Å². The van der Waals surface area contributed by atoms with Gasteiger partial charge < -0.3 is 14.5 Å². The molecule has 0 saturated heterocycles. The van der Waals surface area contributed by atoms with Crippen LogP contribution in [0.4, 0.5) is 0 Å². The number of methoxy groups -OCH3 is 1. The molecule has 1 aliphatic carbocycles. The normalized spacial score (nSPS) is 13.0. The highest BCUT2D eigenvalue weighted by molar-refractivity contribution is 5.94. The van der Waals surface area contributed by atoms with Crippen molar-refractivity contribution < 1.29 is 19.1 Å². The molecule has 2 aromatic carbocycles. The number of nitrogens with one attached hydrogen (secondary N) is 1. The molecule has 0 unspecified atom stereocenters. The number of hydrogen-bond donors (Lipinski definition) is 1. The first-order valence-electron chi connectivity index (χ1n) is 9.45. The molecule has 0 spiro atoms. The Morgan fingerprint density at radius 1 is 1.00 bits per heavy atom. The van der Waals surface area contributed by atoms with Crippen LogP contribution in [0, 0.1) is 0 Å². The zero-order chi connectivity index (χ0) is 20.4. The van der Waals surface area contributed by atoms with E-state index in [-0.39, 0.29) is 23.6 Å². The molecule has 0 radical (unpaired) electrons. The Morgan fingerprint density at radius 2 is 1.72 bits per heavy atom. The van der Waals surface area contributed by atoms with Crippen LogP contribution in [0.3, 0.4) is 0 Å². The molecule has 0 fully saturated rings. The van der Waals surface area contributed by atoms with Gasteiger partial charge in [-0.3, -0.25) is 4.79 Å². The molecule has 1 aromatic heterocycles. The van der Waals surface area contributed by atoms with Crippen LogP contribution in [0.2, 0.25) is 0 Å². The van der Waals surface area contributed by atoms with Gasteiger partial charge in [0.1, 0.15) is 12.4 Å². The van der Waals surface area contributed by atoms with E-state index in [0.717, 1.165) is 19.3 Å². The summed E-state index contributed by atoms with van der Waals surface area (Å²) in [6.45, 7) is -0.177. The minimum Gasteiger partial charge on any atom is -0.465 e. The zero-order valence-electron chi connectivity index (χ0n) is 16.0. The van der Waals surface area contributed by atoms with E-state index in [1.54, 1.807) is 6.07 Å². The summed E-state index contributed by atoms with van der Waals surface area (Å²) >= 11 is 0. The molecule has 0 saturated carbocycles. The highest BCUT2D eigenvalue weighted by Gasteiger charge is 2.15. The summed E-state index contributed by atoms with van der Waals surface area (Å²) in [5.74, 6) is -0.783. The topological polar surface area (TPSA) is 98.4 Å². The summed E-state index contributed by atoms with van der Waals surface area (Å²) in [5, 5.41) is 0.336. The molecule has 0 atom stereocenters. The zero-order valence-corrected chi connectivity index (χ0v) is 16.0. The van der Waals surface area contributed by atoms with E-state index < -0.39 is 11.9 Å². The van der Waals surface area contributed by atoms with E-state index >= 15 is 0 Å². The van der Waals surface area contributed by atoms with Crippen molar-refractivity contribution in [3.63, 3.8) is 0 Å². The minimum atomic E-state index is -0.519. The number of rotatable bonds is 4. The maximum Gasteiger partial charge on any atom is 0.338 e. The number of aromatic nitrogens is 2. The van der Waals surface area contributed by atoms with Gasteiger partial charge in [0, 0.05) is 0 Å². The molecule has 3 aromatic rings. The molecule has 1 aliphatic rings. The molecule has 1 heterocycles. The van der Waals surface area contributed by atoms with Gasteiger partial charge in [0.15, 0.2) is 0 Å². The van der Waals surface area contributed by atoms with Gasteiger partial charge in [-0.2, -0.15) is 0 Å². The second-order valence-electron chi connectivity index (χ2n) is 7.00. The van der Waals surface area contributed by atoms with Gasteiger partial charge in [-0.15, -0.1) is 0 Å². The van der Waals surface area contributed by atoms with Gasteiger partial charge >= 0.3 is 11.9 Å². The van der Waals surface area contributed by atoms with Crippen molar-refractivity contribution in [2.45, 2.75) is 32.3 Å². The minimum absolute atomic E-state index is 0.177. The highest BCUT2D eigenvalue weighted by Crippen LogP contribution is 2.22. The first-order valence-corrected chi connectivity index (χ1v) is 9.45. The number of ether oxygens (including phenoxy) is 2. The third-order valence-corrected chi connectivity index (χ3v) is 5.10. The number of carbonyl (C=O) groups is 2. The summed E-state index contributed by atoms with van der Waals surface area (Å²) < 4.78 is 10.0. The largest absolute Gasteiger partial charge is 0.465 e. The van der Waals surface area contributed by atoms with E-state index in [9.17, 15) is 14.4 Å². The fourth-order valence-electron chi connectivity index (χ4n) is 3.58. The second-order valence-corrected chi connectivity index (χ2v) is 7.00. The predicted molar refractivity (Wildman–Crippen MR) is 106 cm³/mol. The fourth-order valence-corrected chi connectivity index (χ4v) is 3.58. The number of H-pyrrole nitrogens is 1. The number of aromatic amines is 1. The summed E-state index contributed by atoms with van der Waals surface area (Å²) in [6, 6.07) is 10.1. The Kier molecular flexibility index (Phi) is 5.12. The quantitative estimate of drug-likeness (QED) is 0.686. The molecule has 148 valence electrons. The lowest BCUT2D eigenvalue weighted by molar-refractivity contribution is 0.0461. The van der Waals surface area contributed by atoms with E-state index in [2.05, 4.69) is 9.97 Å². The third-order valence-electron chi connectivity index (χ3n) is 5.10. The monoisotopic (exact) mass is 392 g/mol. The smallest absolute Gasteiger partial charge is 0.338 e. The van der Waals surface area contributed by atoms with Crippen molar-refractivity contribution in [2.24, 2.45) is 0 Å². The molecule has 1 N–H and O–H groups in total. The van der Waals surface area contributed by atoms with Crippen LogP contribution in [-0.2, 0) is 28.9 Å². The van der Waals surface area contributed by atoms with Gasteiger partial charge in [-0.05, 0) is 67.1 Å². The molecule has 7 nitrogen and oxygen atoms in total. The first kappa shape index (κ1) is 18.9. The van der Waals surface area contributed by atoms with Gasteiger partial charge in [0.05, 0.1) is 29.1 Å². The Balaban J connectivity index is 1.53. The second kappa shape index (κ2) is 7.87. The lowest BCUT2D eigenvalue weighted by Gasteiger charge is -2.16. The molecule has 0 bridgehead atoms. The number of esters is 2. The highest BCUT2D eigenvalue weighted by atomic mass is 16.5. The van der Waals surface area contributed by atoms with Crippen molar-refractivity contribution in [3.05, 3.63) is 74.8 Å². The van der Waals surface area contributed by atoms with Crippen LogP contribution < -0.4 is 5.56 Å². The molecule has 0 aliphatic heterocycles. The average molecular weight is 392 g/mol. The van der Waals surface area contributed by atoms with Gasteiger partial charge in [-0.1, -0.05) is 6.07 Å². The summed E-state index contributed by atoms with van der Waals surface area (Å²) in [7, 11) is 1.28.